The van der Waals surface area contributed by atoms with Crippen LogP contribution in [0.4, 0.5) is 4.39 Å². The van der Waals surface area contributed by atoms with Crippen LogP contribution in [0.3, 0.4) is 0 Å². The van der Waals surface area contributed by atoms with Crippen molar-refractivity contribution >= 4 is 17.3 Å². The molecule has 0 saturated carbocycles. The van der Waals surface area contributed by atoms with Gasteiger partial charge in [0.15, 0.2) is 0 Å². The minimum absolute atomic E-state index is 0.216. The molecule has 1 heterocycles. The first-order valence-electron chi connectivity index (χ1n) is 8.66. The Bertz CT molecular complexity index is 859. The Labute approximate surface area is 156 Å². The number of halogens is 1. The lowest BCUT2D eigenvalue weighted by molar-refractivity contribution is -0.137. The van der Waals surface area contributed by atoms with Crippen LogP contribution in [0, 0.1) is 5.82 Å². The van der Waals surface area contributed by atoms with Crippen LogP contribution in [0.1, 0.15) is 30.7 Å². The second-order valence-corrected chi connectivity index (χ2v) is 7.20. The van der Waals surface area contributed by atoms with Gasteiger partial charge in [-0.1, -0.05) is 36.8 Å². The van der Waals surface area contributed by atoms with Gasteiger partial charge in [0.25, 0.3) is 0 Å². The van der Waals surface area contributed by atoms with Crippen molar-refractivity contribution in [1.82, 2.24) is 4.98 Å². The summed E-state index contributed by atoms with van der Waals surface area (Å²) in [5.74, 6) is -1.01. The molecular weight excluding hydrogens is 349 g/mol. The molecule has 1 N–H and O–H groups in total. The van der Waals surface area contributed by atoms with Gasteiger partial charge in [-0.05, 0) is 49.1 Å². The molecule has 0 atom stereocenters. The Balaban J connectivity index is 1.81. The van der Waals surface area contributed by atoms with Gasteiger partial charge in [-0.15, -0.1) is 11.3 Å². The maximum absolute atomic E-state index is 13.3. The van der Waals surface area contributed by atoms with Crippen molar-refractivity contribution in [3.05, 3.63) is 65.4 Å². The van der Waals surface area contributed by atoms with Crippen molar-refractivity contribution < 1.29 is 14.3 Å². The molecule has 0 saturated heterocycles. The minimum atomic E-state index is -0.746. The van der Waals surface area contributed by atoms with Gasteiger partial charge in [0.2, 0.25) is 0 Å². The van der Waals surface area contributed by atoms with Gasteiger partial charge in [0.05, 0.1) is 15.6 Å². The molecule has 134 valence electrons. The van der Waals surface area contributed by atoms with Crippen LogP contribution in [0.5, 0.6) is 0 Å². The zero-order chi connectivity index (χ0) is 18.4. The van der Waals surface area contributed by atoms with E-state index in [0.29, 0.717) is 6.42 Å². The fourth-order valence-corrected chi connectivity index (χ4v) is 3.92. The average Bonchev–Trinajstić information content (AvgIpc) is 3.07. The average molecular weight is 369 g/mol. The summed E-state index contributed by atoms with van der Waals surface area (Å²) in [6.45, 7) is 0. The number of hydrogen-bond donors (Lipinski definition) is 1. The van der Waals surface area contributed by atoms with Crippen LogP contribution in [0.2, 0.25) is 0 Å². The molecule has 0 aliphatic carbocycles. The van der Waals surface area contributed by atoms with E-state index < -0.39 is 5.97 Å². The molecule has 5 heteroatoms. The first kappa shape index (κ1) is 18.3. The Morgan fingerprint density at radius 1 is 0.962 bits per heavy atom. The van der Waals surface area contributed by atoms with Crippen molar-refractivity contribution in [2.45, 2.75) is 32.1 Å². The lowest BCUT2D eigenvalue weighted by Crippen LogP contribution is -1.94. The molecule has 0 radical (unpaired) electrons. The second kappa shape index (κ2) is 8.72. The second-order valence-electron chi connectivity index (χ2n) is 6.11. The van der Waals surface area contributed by atoms with Crippen LogP contribution in [0.25, 0.3) is 21.7 Å². The summed E-state index contributed by atoms with van der Waals surface area (Å²) in [7, 11) is 0. The molecule has 3 nitrogen and oxygen atoms in total. The third-order valence-electron chi connectivity index (χ3n) is 4.11. The van der Waals surface area contributed by atoms with Gasteiger partial charge in [-0.3, -0.25) is 4.79 Å². The Hall–Kier alpha value is -2.53. The van der Waals surface area contributed by atoms with Gasteiger partial charge in [0, 0.05) is 12.0 Å². The number of rotatable bonds is 8. The molecule has 0 amide bonds. The van der Waals surface area contributed by atoms with Crippen LogP contribution < -0.4 is 0 Å². The van der Waals surface area contributed by atoms with Crippen LogP contribution in [0.15, 0.2) is 54.6 Å². The molecule has 0 bridgehead atoms. The topological polar surface area (TPSA) is 50.2 Å². The number of aromatic nitrogens is 1. The van der Waals surface area contributed by atoms with E-state index in [4.69, 9.17) is 10.1 Å². The smallest absolute Gasteiger partial charge is 0.303 e. The lowest BCUT2D eigenvalue weighted by Gasteiger charge is -2.02. The Kier molecular flexibility index (Phi) is 6.12. The number of carbonyl (C=O) groups is 1. The van der Waals surface area contributed by atoms with E-state index in [-0.39, 0.29) is 12.2 Å². The highest BCUT2D eigenvalue weighted by molar-refractivity contribution is 7.15. The summed E-state index contributed by atoms with van der Waals surface area (Å²) in [5, 5.41) is 9.73. The van der Waals surface area contributed by atoms with E-state index >= 15 is 0 Å². The molecule has 3 rings (SSSR count). The molecule has 2 aromatic carbocycles. The highest BCUT2D eigenvalue weighted by Gasteiger charge is 2.15. The molecule has 0 fully saturated rings. The van der Waals surface area contributed by atoms with Crippen LogP contribution in [-0.4, -0.2) is 16.1 Å². The highest BCUT2D eigenvalue weighted by atomic mass is 32.1. The minimum Gasteiger partial charge on any atom is -0.481 e. The SMILES string of the molecule is O=C(O)CCCCCc1nc(-c2ccc(F)cc2)c(-c2ccccc2)s1. The number of carboxylic acid groups (broad SMARTS) is 1. The number of benzene rings is 2. The van der Waals surface area contributed by atoms with E-state index in [9.17, 15) is 9.18 Å². The summed E-state index contributed by atoms with van der Waals surface area (Å²) in [6.07, 6.45) is 3.52. The summed E-state index contributed by atoms with van der Waals surface area (Å²) >= 11 is 1.65. The number of hydrogen-bond acceptors (Lipinski definition) is 3. The molecular formula is C21H20FNO2S. The zero-order valence-corrected chi connectivity index (χ0v) is 15.1. The lowest BCUT2D eigenvalue weighted by atomic mass is 10.1. The summed E-state index contributed by atoms with van der Waals surface area (Å²) in [5.41, 5.74) is 2.88. The maximum Gasteiger partial charge on any atom is 0.303 e. The molecule has 0 unspecified atom stereocenters. The van der Waals surface area contributed by atoms with Gasteiger partial charge >= 0.3 is 5.97 Å². The third-order valence-corrected chi connectivity index (χ3v) is 5.27. The molecule has 3 aromatic rings. The predicted molar refractivity (Wildman–Crippen MR) is 103 cm³/mol. The predicted octanol–water partition coefficient (Wildman–Crippen LogP) is 5.80. The van der Waals surface area contributed by atoms with Crippen molar-refractivity contribution in [2.24, 2.45) is 0 Å². The molecule has 0 aliphatic heterocycles. The summed E-state index contributed by atoms with van der Waals surface area (Å²) in [4.78, 5) is 16.5. The van der Waals surface area contributed by atoms with Crippen LogP contribution >= 0.6 is 11.3 Å². The van der Waals surface area contributed by atoms with Gasteiger partial charge in [0.1, 0.15) is 5.82 Å². The Morgan fingerprint density at radius 2 is 1.69 bits per heavy atom. The number of carboxylic acids is 1. The fourth-order valence-electron chi connectivity index (χ4n) is 2.79. The fraction of sp³-hybridized carbons (Fsp3) is 0.238. The van der Waals surface area contributed by atoms with Gasteiger partial charge in [-0.25, -0.2) is 9.37 Å². The number of aliphatic carboxylic acids is 1. The van der Waals surface area contributed by atoms with Crippen molar-refractivity contribution in [3.63, 3.8) is 0 Å². The standard InChI is InChI=1S/C21H20FNO2S/c22-17-13-11-15(12-14-17)20-21(16-7-3-1-4-8-16)26-18(23-20)9-5-2-6-10-19(24)25/h1,3-4,7-8,11-14H,2,5-6,9-10H2,(H,24,25). The van der Waals surface area contributed by atoms with E-state index in [1.165, 1.54) is 12.1 Å². The first-order chi connectivity index (χ1) is 12.6. The summed E-state index contributed by atoms with van der Waals surface area (Å²) in [6, 6.07) is 16.5. The van der Waals surface area contributed by atoms with E-state index in [1.807, 2.05) is 18.2 Å². The number of nitrogens with zero attached hydrogens (tertiary/aromatic N) is 1. The number of unbranched alkanes of at least 4 members (excludes halogenated alkanes) is 2. The van der Waals surface area contributed by atoms with Crippen LogP contribution in [-0.2, 0) is 11.2 Å². The maximum atomic E-state index is 13.3. The molecule has 1 aromatic heterocycles. The van der Waals surface area contributed by atoms with Crippen molar-refractivity contribution in [1.29, 1.82) is 0 Å². The highest BCUT2D eigenvalue weighted by Crippen LogP contribution is 2.37. The van der Waals surface area contributed by atoms with E-state index in [2.05, 4.69) is 12.1 Å². The number of aryl methyl sites for hydroxylation is 1. The van der Waals surface area contributed by atoms with E-state index in [1.54, 1.807) is 23.5 Å². The first-order valence-corrected chi connectivity index (χ1v) is 9.48. The monoisotopic (exact) mass is 369 g/mol. The summed E-state index contributed by atoms with van der Waals surface area (Å²) < 4.78 is 13.3. The largest absolute Gasteiger partial charge is 0.481 e. The van der Waals surface area contributed by atoms with Crippen molar-refractivity contribution in [3.8, 4) is 21.7 Å². The van der Waals surface area contributed by atoms with Gasteiger partial charge in [-0.2, -0.15) is 0 Å². The van der Waals surface area contributed by atoms with E-state index in [0.717, 1.165) is 46.0 Å². The van der Waals surface area contributed by atoms with Gasteiger partial charge < -0.3 is 5.11 Å². The molecule has 26 heavy (non-hydrogen) atoms. The third kappa shape index (κ3) is 4.76. The zero-order valence-electron chi connectivity index (χ0n) is 14.3. The number of thiazole rings is 1. The normalized spacial score (nSPS) is 10.8. The quantitative estimate of drug-likeness (QED) is 0.510. The Morgan fingerprint density at radius 3 is 2.38 bits per heavy atom. The molecule has 0 spiro atoms. The molecule has 0 aliphatic rings. The van der Waals surface area contributed by atoms with Crippen molar-refractivity contribution in [2.75, 3.05) is 0 Å².